The highest BCUT2D eigenvalue weighted by Gasteiger charge is 2.06. The van der Waals surface area contributed by atoms with Crippen LogP contribution in [0.25, 0.3) is 0 Å². The Kier molecular flexibility index (Phi) is 6.41. The number of hydrogen-bond acceptors (Lipinski definition) is 3. The third-order valence-electron chi connectivity index (χ3n) is 0.501. The van der Waals surface area contributed by atoms with E-state index in [1.165, 1.54) is 0 Å². The average Bonchev–Trinajstić information content (AvgIpc) is 1.65. The average molecular weight is 142 g/mol. The molecule has 0 aromatic carbocycles. The van der Waals surface area contributed by atoms with E-state index in [-0.39, 0.29) is 12.4 Å². The molecule has 0 unspecified atom stereocenters. The fraction of sp³-hybridized carbons (Fsp3) is 0.667. The van der Waals surface area contributed by atoms with Gasteiger partial charge in [-0.3, -0.25) is 4.79 Å². The van der Waals surface area contributed by atoms with E-state index in [9.17, 15) is 4.79 Å². The molecule has 0 saturated heterocycles. The summed E-state index contributed by atoms with van der Waals surface area (Å²) in [5.41, 5.74) is 4.50. The van der Waals surface area contributed by atoms with Crippen molar-refractivity contribution in [3.8, 4) is 0 Å². The van der Waals surface area contributed by atoms with E-state index >= 15 is 0 Å². The molecule has 50 valence electrons. The topological polar surface area (TPSA) is 83.6 Å². The summed E-state index contributed by atoms with van der Waals surface area (Å²) in [4.78, 5) is 9.74. The number of carbonyl (C=O) groups is 1. The predicted molar refractivity (Wildman–Crippen MR) is 29.5 cm³/mol. The maximum absolute atomic E-state index is 9.74. The molecule has 1 amide bonds. The first-order valence-electron chi connectivity index (χ1n) is 1.76. The van der Waals surface area contributed by atoms with E-state index < -0.39 is 18.6 Å². The first kappa shape index (κ1) is 10.6. The Bertz CT molecular complexity index is 76.9. The summed E-state index contributed by atoms with van der Waals surface area (Å²) in [5, 5.41) is 16.2. The van der Waals surface area contributed by atoms with E-state index in [1.807, 2.05) is 0 Å². The summed E-state index contributed by atoms with van der Waals surface area (Å²) >= 11 is 0. The van der Waals surface area contributed by atoms with Crippen LogP contribution >= 0.6 is 12.4 Å². The van der Waals surface area contributed by atoms with Gasteiger partial charge in [-0.1, -0.05) is 0 Å². The molecule has 0 radical (unpaired) electrons. The first-order valence-corrected chi connectivity index (χ1v) is 1.76. The van der Waals surface area contributed by atoms with Crippen LogP contribution in [0.2, 0.25) is 0 Å². The fourth-order valence-electron chi connectivity index (χ4n) is 0.0900. The van der Waals surface area contributed by atoms with Crippen LogP contribution in [0.1, 0.15) is 0 Å². The van der Waals surface area contributed by atoms with Gasteiger partial charge < -0.3 is 15.9 Å². The number of rotatable bonds is 2. The molecule has 0 rings (SSSR count). The third kappa shape index (κ3) is 3.86. The van der Waals surface area contributed by atoms with Gasteiger partial charge in [0.2, 0.25) is 5.91 Å². The summed E-state index contributed by atoms with van der Waals surface area (Å²) in [5.74, 6) is -0.900. The highest BCUT2D eigenvalue weighted by atomic mass is 35.5. The molecule has 8 heavy (non-hydrogen) atoms. The fourth-order valence-corrected chi connectivity index (χ4v) is 0.0900. The van der Waals surface area contributed by atoms with Crippen LogP contribution in [0.5, 0.6) is 0 Å². The van der Waals surface area contributed by atoms with Gasteiger partial charge in [-0.15, -0.1) is 12.4 Å². The zero-order chi connectivity index (χ0) is 5.86. The van der Waals surface area contributed by atoms with Gasteiger partial charge in [0, 0.05) is 0 Å². The highest BCUT2D eigenvalue weighted by Crippen LogP contribution is 1.73. The summed E-state index contributed by atoms with van der Waals surface area (Å²) in [6.07, 6.45) is -1.40. The van der Waals surface area contributed by atoms with Crippen molar-refractivity contribution in [3.63, 3.8) is 0 Å². The highest BCUT2D eigenvalue weighted by molar-refractivity contribution is 5.85. The lowest BCUT2D eigenvalue weighted by molar-refractivity contribution is -0.127. The van der Waals surface area contributed by atoms with Crippen molar-refractivity contribution in [1.82, 2.24) is 0 Å². The van der Waals surface area contributed by atoms with Gasteiger partial charge in [-0.25, -0.2) is 0 Å². The zero-order valence-electron chi connectivity index (χ0n) is 4.07. The Labute approximate surface area is 52.7 Å². The Morgan fingerprint density at radius 2 is 2.12 bits per heavy atom. The van der Waals surface area contributed by atoms with Crippen molar-refractivity contribution >= 4 is 18.3 Å². The van der Waals surface area contributed by atoms with Gasteiger partial charge in [-0.2, -0.15) is 0 Å². The van der Waals surface area contributed by atoms with Gasteiger partial charge in [0.1, 0.15) is 0 Å². The quantitative estimate of drug-likeness (QED) is 0.426. The molecule has 0 saturated carbocycles. The maximum atomic E-state index is 9.74. The summed E-state index contributed by atoms with van der Waals surface area (Å²) < 4.78 is 0. The van der Waals surface area contributed by atoms with Crippen molar-refractivity contribution in [2.75, 3.05) is 6.61 Å². The Morgan fingerprint density at radius 3 is 2.12 bits per heavy atom. The normalized spacial score (nSPS) is 11.8. The molecule has 0 aromatic heterocycles. The van der Waals surface area contributed by atoms with E-state index in [1.54, 1.807) is 0 Å². The summed E-state index contributed by atoms with van der Waals surface area (Å²) in [7, 11) is 0. The van der Waals surface area contributed by atoms with E-state index in [0.717, 1.165) is 0 Å². The van der Waals surface area contributed by atoms with Crippen LogP contribution in [0.15, 0.2) is 0 Å². The third-order valence-corrected chi connectivity index (χ3v) is 0.501. The standard InChI is InChI=1S/C3H7NO3.ClH/c4-3(7)2(6)1-5;/h2,5-6H,1H2,(H2,4,7);1H/t2-;/m1./s1. The summed E-state index contributed by atoms with van der Waals surface area (Å²) in [6, 6.07) is 0. The minimum Gasteiger partial charge on any atom is -0.393 e. The molecule has 1 atom stereocenters. The molecule has 5 heteroatoms. The minimum atomic E-state index is -1.40. The molecule has 4 nitrogen and oxygen atoms in total. The van der Waals surface area contributed by atoms with Crippen LogP contribution in [0.4, 0.5) is 0 Å². The number of amides is 1. The Morgan fingerprint density at radius 1 is 1.75 bits per heavy atom. The maximum Gasteiger partial charge on any atom is 0.248 e. The lowest BCUT2D eigenvalue weighted by Crippen LogP contribution is -2.30. The largest absolute Gasteiger partial charge is 0.393 e. The lowest BCUT2D eigenvalue weighted by Gasteiger charge is -1.96. The number of nitrogens with two attached hydrogens (primary N) is 1. The second kappa shape index (κ2) is 4.83. The Balaban J connectivity index is 0. The molecule has 0 bridgehead atoms. The van der Waals surface area contributed by atoms with Gasteiger partial charge >= 0.3 is 0 Å². The lowest BCUT2D eigenvalue weighted by atomic mass is 10.4. The molecule has 4 N–H and O–H groups in total. The van der Waals surface area contributed by atoms with Crippen LogP contribution < -0.4 is 5.73 Å². The van der Waals surface area contributed by atoms with Crippen LogP contribution in [-0.2, 0) is 4.79 Å². The van der Waals surface area contributed by atoms with Crippen molar-refractivity contribution in [2.24, 2.45) is 5.73 Å². The number of carbonyl (C=O) groups excluding carboxylic acids is 1. The van der Waals surface area contributed by atoms with Crippen molar-refractivity contribution < 1.29 is 15.0 Å². The van der Waals surface area contributed by atoms with Crippen LogP contribution in [-0.4, -0.2) is 28.8 Å². The number of aliphatic hydroxyl groups is 2. The van der Waals surface area contributed by atoms with Gasteiger partial charge in [0.05, 0.1) is 6.61 Å². The minimum absolute atomic E-state index is 0. The SMILES string of the molecule is Cl.NC(=O)[C@H](O)CO. The van der Waals surface area contributed by atoms with Gasteiger partial charge in [-0.05, 0) is 0 Å². The number of primary amides is 1. The van der Waals surface area contributed by atoms with E-state index in [2.05, 4.69) is 5.73 Å². The van der Waals surface area contributed by atoms with Gasteiger partial charge in [0.15, 0.2) is 6.10 Å². The zero-order valence-corrected chi connectivity index (χ0v) is 4.89. The van der Waals surface area contributed by atoms with E-state index in [4.69, 9.17) is 10.2 Å². The second-order valence-corrected chi connectivity index (χ2v) is 1.10. The number of halogens is 1. The smallest absolute Gasteiger partial charge is 0.248 e. The first-order chi connectivity index (χ1) is 3.18. The molecule has 0 fully saturated rings. The molecule has 0 aromatic rings. The van der Waals surface area contributed by atoms with Crippen molar-refractivity contribution in [2.45, 2.75) is 6.10 Å². The van der Waals surface area contributed by atoms with Crippen molar-refractivity contribution in [1.29, 1.82) is 0 Å². The summed E-state index contributed by atoms with van der Waals surface area (Å²) in [6.45, 7) is -0.602. The molecular formula is C3H8ClNO3. The van der Waals surface area contributed by atoms with Gasteiger partial charge in [0.25, 0.3) is 0 Å². The van der Waals surface area contributed by atoms with Crippen LogP contribution in [0, 0.1) is 0 Å². The Hall–Kier alpha value is -0.320. The predicted octanol–water partition coefficient (Wildman–Crippen LogP) is -1.75. The molecule has 0 aliphatic rings. The van der Waals surface area contributed by atoms with E-state index in [0.29, 0.717) is 0 Å². The monoisotopic (exact) mass is 141 g/mol. The molecule has 0 spiro atoms. The molecule has 0 heterocycles. The molecular weight excluding hydrogens is 133 g/mol. The molecule has 0 aliphatic heterocycles. The van der Waals surface area contributed by atoms with Crippen LogP contribution in [0.3, 0.4) is 0 Å². The van der Waals surface area contributed by atoms with Crippen molar-refractivity contribution in [3.05, 3.63) is 0 Å². The molecule has 0 aliphatic carbocycles. The number of hydrogen-bond donors (Lipinski definition) is 3. The second-order valence-electron chi connectivity index (χ2n) is 1.10. The number of aliphatic hydroxyl groups excluding tert-OH is 2.